The van der Waals surface area contributed by atoms with E-state index < -0.39 is 0 Å². The minimum Gasteiger partial charge on any atom is -0.408 e. The van der Waals surface area contributed by atoms with Crippen LogP contribution in [0.25, 0.3) is 0 Å². The number of nitrogen functional groups attached to an aromatic ring is 1. The molecule has 0 aliphatic carbocycles. The first kappa shape index (κ1) is 7.05. The molecule has 56 valence electrons. The van der Waals surface area contributed by atoms with Gasteiger partial charge >= 0.3 is 6.01 Å². The first-order valence-corrected chi connectivity index (χ1v) is 3.26. The van der Waals surface area contributed by atoms with Crippen LogP contribution in [0.4, 0.5) is 6.01 Å². The zero-order valence-corrected chi connectivity index (χ0v) is 6.16. The summed E-state index contributed by atoms with van der Waals surface area (Å²) in [6.07, 6.45) is 0.796. The van der Waals surface area contributed by atoms with Crippen LogP contribution in [0.1, 0.15) is 19.7 Å². The molecule has 0 amide bonds. The zero-order valence-electron chi connectivity index (χ0n) is 6.16. The van der Waals surface area contributed by atoms with Gasteiger partial charge in [-0.05, 0) is 5.92 Å². The summed E-state index contributed by atoms with van der Waals surface area (Å²) in [5, 5.41) is 7.25. The lowest BCUT2D eigenvalue weighted by atomic mass is 10.1. The Morgan fingerprint density at radius 1 is 1.50 bits per heavy atom. The molecule has 1 aromatic heterocycles. The van der Waals surface area contributed by atoms with Crippen molar-refractivity contribution in [3.63, 3.8) is 0 Å². The highest BCUT2D eigenvalue weighted by Gasteiger charge is 2.03. The van der Waals surface area contributed by atoms with Crippen molar-refractivity contribution in [3.05, 3.63) is 5.89 Å². The van der Waals surface area contributed by atoms with Crippen molar-refractivity contribution in [2.24, 2.45) is 5.92 Å². The van der Waals surface area contributed by atoms with E-state index in [1.807, 2.05) is 0 Å². The molecule has 1 aromatic rings. The van der Waals surface area contributed by atoms with E-state index in [0.717, 1.165) is 6.42 Å². The van der Waals surface area contributed by atoms with Crippen molar-refractivity contribution in [1.82, 2.24) is 10.2 Å². The Kier molecular flexibility index (Phi) is 1.89. The van der Waals surface area contributed by atoms with Crippen LogP contribution in [-0.4, -0.2) is 10.2 Å². The highest BCUT2D eigenvalue weighted by Crippen LogP contribution is 2.06. The van der Waals surface area contributed by atoms with Crippen molar-refractivity contribution < 1.29 is 4.42 Å². The average Bonchev–Trinajstić information content (AvgIpc) is 2.13. The summed E-state index contributed by atoms with van der Waals surface area (Å²) in [4.78, 5) is 0. The number of anilines is 1. The normalized spacial score (nSPS) is 10.7. The van der Waals surface area contributed by atoms with Gasteiger partial charge in [0.25, 0.3) is 0 Å². The Bertz CT molecular complexity index is 207. The third-order valence-corrected chi connectivity index (χ3v) is 1.07. The first-order chi connectivity index (χ1) is 4.68. The second kappa shape index (κ2) is 2.68. The molecule has 0 saturated heterocycles. The molecule has 1 heterocycles. The SMILES string of the molecule is CC(C)Cc1nnc(N)o1. The van der Waals surface area contributed by atoms with E-state index in [1.54, 1.807) is 0 Å². The molecule has 0 spiro atoms. The molecule has 0 unspecified atom stereocenters. The fraction of sp³-hybridized carbons (Fsp3) is 0.667. The maximum absolute atomic E-state index is 5.21. The molecule has 0 atom stereocenters. The highest BCUT2D eigenvalue weighted by molar-refractivity contribution is 5.04. The summed E-state index contributed by atoms with van der Waals surface area (Å²) in [7, 11) is 0. The van der Waals surface area contributed by atoms with Crippen molar-refractivity contribution in [2.75, 3.05) is 5.73 Å². The average molecular weight is 141 g/mol. The third kappa shape index (κ3) is 1.72. The lowest BCUT2D eigenvalue weighted by Crippen LogP contribution is -1.93. The van der Waals surface area contributed by atoms with E-state index in [2.05, 4.69) is 24.0 Å². The molecule has 0 bridgehead atoms. The van der Waals surface area contributed by atoms with Crippen molar-refractivity contribution in [3.8, 4) is 0 Å². The maximum atomic E-state index is 5.21. The number of aromatic nitrogens is 2. The Hall–Kier alpha value is -1.06. The number of hydrogen-bond acceptors (Lipinski definition) is 4. The molecule has 0 aliphatic rings. The summed E-state index contributed by atoms with van der Waals surface area (Å²) in [5.41, 5.74) is 5.21. The molecule has 10 heavy (non-hydrogen) atoms. The van der Waals surface area contributed by atoms with Crippen LogP contribution in [0.15, 0.2) is 4.42 Å². The lowest BCUT2D eigenvalue weighted by Gasteiger charge is -1.95. The molecular formula is C6H11N3O. The van der Waals surface area contributed by atoms with Gasteiger partial charge in [-0.25, -0.2) is 0 Å². The molecular weight excluding hydrogens is 130 g/mol. The number of nitrogens with two attached hydrogens (primary N) is 1. The van der Waals surface area contributed by atoms with Crippen LogP contribution < -0.4 is 5.73 Å². The Balaban J connectivity index is 2.58. The van der Waals surface area contributed by atoms with E-state index in [9.17, 15) is 0 Å². The predicted molar refractivity (Wildman–Crippen MR) is 37.3 cm³/mol. The van der Waals surface area contributed by atoms with Gasteiger partial charge in [0.05, 0.1) is 0 Å². The van der Waals surface area contributed by atoms with Crippen LogP contribution in [0.3, 0.4) is 0 Å². The molecule has 1 rings (SSSR count). The van der Waals surface area contributed by atoms with Crippen molar-refractivity contribution in [1.29, 1.82) is 0 Å². The van der Waals surface area contributed by atoms with Gasteiger partial charge in [0.2, 0.25) is 5.89 Å². The summed E-state index contributed by atoms with van der Waals surface area (Å²) in [6.45, 7) is 4.17. The lowest BCUT2D eigenvalue weighted by molar-refractivity contribution is 0.469. The quantitative estimate of drug-likeness (QED) is 0.663. The summed E-state index contributed by atoms with van der Waals surface area (Å²) >= 11 is 0. The molecule has 0 fully saturated rings. The second-order valence-corrected chi connectivity index (χ2v) is 2.63. The third-order valence-electron chi connectivity index (χ3n) is 1.07. The van der Waals surface area contributed by atoms with Crippen LogP contribution in [0.5, 0.6) is 0 Å². The van der Waals surface area contributed by atoms with Gasteiger partial charge in [-0.1, -0.05) is 18.9 Å². The van der Waals surface area contributed by atoms with Gasteiger partial charge in [-0.2, -0.15) is 0 Å². The Labute approximate surface area is 59.4 Å². The van der Waals surface area contributed by atoms with Gasteiger partial charge < -0.3 is 10.2 Å². The minimum atomic E-state index is 0.149. The maximum Gasteiger partial charge on any atom is 0.312 e. The van der Waals surface area contributed by atoms with Crippen LogP contribution in [-0.2, 0) is 6.42 Å². The van der Waals surface area contributed by atoms with E-state index in [-0.39, 0.29) is 6.01 Å². The zero-order chi connectivity index (χ0) is 7.56. The highest BCUT2D eigenvalue weighted by atomic mass is 16.4. The summed E-state index contributed by atoms with van der Waals surface area (Å²) < 4.78 is 4.95. The fourth-order valence-electron chi connectivity index (χ4n) is 0.698. The van der Waals surface area contributed by atoms with Crippen LogP contribution >= 0.6 is 0 Å². The summed E-state index contributed by atoms with van der Waals surface area (Å²) in [5.74, 6) is 1.15. The van der Waals surface area contributed by atoms with E-state index in [1.165, 1.54) is 0 Å². The smallest absolute Gasteiger partial charge is 0.312 e. The minimum absolute atomic E-state index is 0.149. The predicted octanol–water partition coefficient (Wildman–Crippen LogP) is 0.850. The van der Waals surface area contributed by atoms with Gasteiger partial charge in [-0.3, -0.25) is 0 Å². The second-order valence-electron chi connectivity index (χ2n) is 2.63. The fourth-order valence-corrected chi connectivity index (χ4v) is 0.698. The molecule has 0 aromatic carbocycles. The standard InChI is InChI=1S/C6H11N3O/c1-4(2)3-5-8-9-6(7)10-5/h4H,3H2,1-2H3,(H2,7,9). The Morgan fingerprint density at radius 3 is 2.60 bits per heavy atom. The monoisotopic (exact) mass is 141 g/mol. The van der Waals surface area contributed by atoms with E-state index in [4.69, 9.17) is 10.2 Å². The van der Waals surface area contributed by atoms with Crippen LogP contribution in [0.2, 0.25) is 0 Å². The van der Waals surface area contributed by atoms with Crippen molar-refractivity contribution in [2.45, 2.75) is 20.3 Å². The molecule has 0 aliphatic heterocycles. The number of hydrogen-bond donors (Lipinski definition) is 1. The van der Waals surface area contributed by atoms with Gasteiger partial charge in [0, 0.05) is 6.42 Å². The van der Waals surface area contributed by atoms with E-state index >= 15 is 0 Å². The Morgan fingerprint density at radius 2 is 2.20 bits per heavy atom. The van der Waals surface area contributed by atoms with Gasteiger partial charge in [-0.15, -0.1) is 5.10 Å². The van der Waals surface area contributed by atoms with Crippen LogP contribution in [0, 0.1) is 5.92 Å². The summed E-state index contributed by atoms with van der Waals surface area (Å²) in [6, 6.07) is 0.149. The largest absolute Gasteiger partial charge is 0.408 e. The number of nitrogens with zero attached hydrogens (tertiary/aromatic N) is 2. The molecule has 4 heteroatoms. The molecule has 2 N–H and O–H groups in total. The van der Waals surface area contributed by atoms with Gasteiger partial charge in [0.15, 0.2) is 0 Å². The molecule has 4 nitrogen and oxygen atoms in total. The van der Waals surface area contributed by atoms with Crippen molar-refractivity contribution >= 4 is 6.01 Å². The van der Waals surface area contributed by atoms with Gasteiger partial charge in [0.1, 0.15) is 0 Å². The van der Waals surface area contributed by atoms with E-state index in [0.29, 0.717) is 11.8 Å². The molecule has 0 saturated carbocycles. The first-order valence-electron chi connectivity index (χ1n) is 3.26. The molecule has 0 radical (unpaired) electrons. The number of rotatable bonds is 2. The topological polar surface area (TPSA) is 64.9 Å².